The van der Waals surface area contributed by atoms with Crippen molar-refractivity contribution >= 4 is 5.97 Å². The number of rotatable bonds is 9. The molecule has 5 rings (SSSR count). The van der Waals surface area contributed by atoms with Crippen molar-refractivity contribution in [1.29, 1.82) is 0 Å². The highest BCUT2D eigenvalue weighted by molar-refractivity contribution is 5.74. The van der Waals surface area contributed by atoms with Crippen LogP contribution in [0.2, 0.25) is 0 Å². The molecule has 206 valence electrons. The summed E-state index contributed by atoms with van der Waals surface area (Å²) in [5.74, 6) is 1.28. The molecule has 0 bridgehead atoms. The van der Waals surface area contributed by atoms with E-state index in [1.807, 2.05) is 32.0 Å². The molecule has 2 aliphatic rings. The zero-order chi connectivity index (χ0) is 27.7. The third-order valence-corrected chi connectivity index (χ3v) is 7.46. The molecule has 1 N–H and O–H groups in total. The predicted molar refractivity (Wildman–Crippen MR) is 146 cm³/mol. The van der Waals surface area contributed by atoms with Crippen LogP contribution < -0.4 is 14.2 Å². The number of benzene rings is 2. The normalized spacial score (nSPS) is 17.8. The molecular weight excluding hydrogens is 496 g/mol. The van der Waals surface area contributed by atoms with Crippen LogP contribution >= 0.6 is 0 Å². The van der Waals surface area contributed by atoms with E-state index in [2.05, 4.69) is 28.2 Å². The van der Waals surface area contributed by atoms with Gasteiger partial charge in [0.2, 0.25) is 0 Å². The number of hydrogen-bond donors (Lipinski definition) is 1. The fraction of sp³-hybridized carbons (Fsp3) is 0.452. The fourth-order valence-corrected chi connectivity index (χ4v) is 5.45. The number of esters is 1. The van der Waals surface area contributed by atoms with Gasteiger partial charge in [-0.1, -0.05) is 24.3 Å². The van der Waals surface area contributed by atoms with Crippen LogP contribution in [0, 0.1) is 13.8 Å². The molecule has 0 radical (unpaired) electrons. The third kappa shape index (κ3) is 5.86. The van der Waals surface area contributed by atoms with E-state index >= 15 is 0 Å². The summed E-state index contributed by atoms with van der Waals surface area (Å²) in [4.78, 5) is 21.0. The number of carbonyl (C=O) groups is 1. The maximum Gasteiger partial charge on any atom is 0.316 e. The van der Waals surface area contributed by atoms with E-state index in [-0.39, 0.29) is 18.0 Å². The lowest BCUT2D eigenvalue weighted by Gasteiger charge is -2.18. The lowest BCUT2D eigenvalue weighted by molar-refractivity contribution is -0.141. The number of ether oxygens (including phenoxy) is 4. The molecule has 1 aliphatic heterocycles. The monoisotopic (exact) mass is 532 g/mol. The Balaban J connectivity index is 1.34. The minimum atomic E-state index is -0.799. The van der Waals surface area contributed by atoms with Gasteiger partial charge in [-0.2, -0.15) is 9.97 Å². The molecule has 0 spiro atoms. The summed E-state index contributed by atoms with van der Waals surface area (Å²) in [5.41, 5.74) is 6.49. The van der Waals surface area contributed by atoms with Gasteiger partial charge in [0.25, 0.3) is 0 Å². The molecular formula is C31H36N2O6. The first-order chi connectivity index (χ1) is 18.6. The molecule has 1 aromatic heterocycles. The average molecular weight is 533 g/mol. The Bertz CT molecular complexity index is 1360. The average Bonchev–Trinajstić information content (AvgIpc) is 3.47. The molecule has 39 heavy (non-hydrogen) atoms. The van der Waals surface area contributed by atoms with Crippen molar-refractivity contribution < 1.29 is 28.8 Å². The van der Waals surface area contributed by atoms with Gasteiger partial charge in [0.1, 0.15) is 17.6 Å². The van der Waals surface area contributed by atoms with Crippen LogP contribution in [0.5, 0.6) is 17.5 Å². The minimum absolute atomic E-state index is 0.00303. The van der Waals surface area contributed by atoms with E-state index in [0.29, 0.717) is 32.1 Å². The van der Waals surface area contributed by atoms with Crippen molar-refractivity contribution in [3.05, 3.63) is 64.5 Å². The first kappa shape index (κ1) is 26.9. The van der Waals surface area contributed by atoms with Crippen LogP contribution in [-0.2, 0) is 16.0 Å². The number of aryl methyl sites for hydroxylation is 2. The van der Waals surface area contributed by atoms with Crippen LogP contribution in [0.25, 0.3) is 11.1 Å². The van der Waals surface area contributed by atoms with E-state index < -0.39 is 5.60 Å². The number of methoxy groups -OCH3 is 1. The first-order valence-electron chi connectivity index (χ1n) is 13.5. The van der Waals surface area contributed by atoms with E-state index in [4.69, 9.17) is 18.9 Å². The summed E-state index contributed by atoms with van der Waals surface area (Å²) in [7, 11) is 1.40. The standard InChI is InChI=1S/C31H36N2O6/c1-18-29(19(2)33-30(32-18)37-14-13-31(3,4)35)25-8-6-7-24-23(25)11-12-26(24)39-21-9-10-22-20(15-28(34)36-5)17-38-27(22)16-21/h6-10,16,20,26,35H,11-15,17H2,1-5H3/t20-,26-/m1/s1. The summed E-state index contributed by atoms with van der Waals surface area (Å²) >= 11 is 0. The van der Waals surface area contributed by atoms with Gasteiger partial charge in [-0.25, -0.2) is 0 Å². The smallest absolute Gasteiger partial charge is 0.316 e. The lowest BCUT2D eigenvalue weighted by atomic mass is 9.95. The summed E-state index contributed by atoms with van der Waals surface area (Å²) in [5, 5.41) is 9.94. The molecule has 0 saturated heterocycles. The molecule has 0 amide bonds. The van der Waals surface area contributed by atoms with Gasteiger partial charge < -0.3 is 24.1 Å². The number of nitrogens with zero attached hydrogens (tertiary/aromatic N) is 2. The maximum atomic E-state index is 11.7. The second-order valence-electron chi connectivity index (χ2n) is 11.0. The van der Waals surface area contributed by atoms with Crippen LogP contribution in [0.15, 0.2) is 36.4 Å². The van der Waals surface area contributed by atoms with Gasteiger partial charge in [0, 0.05) is 29.5 Å². The second-order valence-corrected chi connectivity index (χ2v) is 11.0. The van der Waals surface area contributed by atoms with E-state index in [1.165, 1.54) is 18.2 Å². The molecule has 8 nitrogen and oxygen atoms in total. The number of carbonyl (C=O) groups excluding carboxylic acids is 1. The van der Waals surface area contributed by atoms with Crippen molar-refractivity contribution in [3.8, 4) is 28.6 Å². The highest BCUT2D eigenvalue weighted by atomic mass is 16.5. The Hall–Kier alpha value is -3.65. The lowest BCUT2D eigenvalue weighted by Crippen LogP contribution is -2.22. The molecule has 3 aromatic rings. The Labute approximate surface area is 229 Å². The van der Waals surface area contributed by atoms with Crippen molar-refractivity contribution in [2.75, 3.05) is 20.3 Å². The second kappa shape index (κ2) is 10.8. The Kier molecular flexibility index (Phi) is 7.49. The number of hydrogen-bond acceptors (Lipinski definition) is 8. The van der Waals surface area contributed by atoms with Gasteiger partial charge in [-0.05, 0) is 63.3 Å². The molecule has 2 atom stereocenters. The first-order valence-corrected chi connectivity index (χ1v) is 13.5. The topological polar surface area (TPSA) is 100 Å². The summed E-state index contributed by atoms with van der Waals surface area (Å²) < 4.78 is 22.9. The number of aromatic nitrogens is 2. The van der Waals surface area contributed by atoms with Crippen LogP contribution in [-0.4, -0.2) is 47.0 Å². The summed E-state index contributed by atoms with van der Waals surface area (Å²) in [6, 6.07) is 12.5. The van der Waals surface area contributed by atoms with Gasteiger partial charge in [-0.15, -0.1) is 0 Å². The Morgan fingerprint density at radius 2 is 1.90 bits per heavy atom. The molecule has 1 aliphatic carbocycles. The summed E-state index contributed by atoms with van der Waals surface area (Å²) in [6.45, 7) is 8.28. The van der Waals surface area contributed by atoms with E-state index in [1.54, 1.807) is 13.8 Å². The van der Waals surface area contributed by atoms with Crippen LogP contribution in [0.4, 0.5) is 0 Å². The fourth-order valence-electron chi connectivity index (χ4n) is 5.45. The maximum absolute atomic E-state index is 11.7. The Morgan fingerprint density at radius 3 is 2.62 bits per heavy atom. The molecule has 0 fully saturated rings. The highest BCUT2D eigenvalue weighted by Gasteiger charge is 2.30. The van der Waals surface area contributed by atoms with Crippen LogP contribution in [0.1, 0.15) is 73.2 Å². The zero-order valence-electron chi connectivity index (χ0n) is 23.2. The van der Waals surface area contributed by atoms with Gasteiger partial charge >= 0.3 is 12.0 Å². The summed E-state index contributed by atoms with van der Waals surface area (Å²) in [6.07, 6.45) is 2.48. The molecule has 8 heteroatoms. The molecule has 0 unspecified atom stereocenters. The Morgan fingerprint density at radius 1 is 1.13 bits per heavy atom. The molecule has 2 aromatic carbocycles. The number of fused-ring (bicyclic) bond motifs is 2. The van der Waals surface area contributed by atoms with Gasteiger partial charge in [-0.3, -0.25) is 4.79 Å². The van der Waals surface area contributed by atoms with E-state index in [0.717, 1.165) is 52.4 Å². The highest BCUT2D eigenvalue weighted by Crippen LogP contribution is 2.43. The van der Waals surface area contributed by atoms with Crippen molar-refractivity contribution in [2.24, 2.45) is 0 Å². The van der Waals surface area contributed by atoms with E-state index in [9.17, 15) is 9.90 Å². The minimum Gasteiger partial charge on any atom is -0.492 e. The number of aliphatic hydroxyl groups is 1. The van der Waals surface area contributed by atoms with Crippen molar-refractivity contribution in [3.63, 3.8) is 0 Å². The van der Waals surface area contributed by atoms with Gasteiger partial charge in [0.05, 0.1) is 43.7 Å². The van der Waals surface area contributed by atoms with Crippen molar-refractivity contribution in [2.45, 2.75) is 71.0 Å². The SMILES string of the molecule is COC(=O)C[C@@H]1COc2cc(O[C@@H]3CCc4c(-c5c(C)nc(OCCC(C)(C)O)nc5C)cccc43)ccc21. The quantitative estimate of drug-likeness (QED) is 0.366. The van der Waals surface area contributed by atoms with Gasteiger partial charge in [0.15, 0.2) is 0 Å². The zero-order valence-corrected chi connectivity index (χ0v) is 23.2. The molecule has 0 saturated carbocycles. The third-order valence-electron chi connectivity index (χ3n) is 7.46. The molecule has 2 heterocycles. The largest absolute Gasteiger partial charge is 0.492 e. The van der Waals surface area contributed by atoms with Crippen molar-refractivity contribution in [1.82, 2.24) is 9.97 Å². The van der Waals surface area contributed by atoms with Crippen LogP contribution in [0.3, 0.4) is 0 Å². The predicted octanol–water partition coefficient (Wildman–Crippen LogP) is 5.41.